The second-order valence-corrected chi connectivity index (χ2v) is 12.8. The van der Waals surface area contributed by atoms with Gasteiger partial charge < -0.3 is 20.1 Å². The van der Waals surface area contributed by atoms with Gasteiger partial charge in [0.25, 0.3) is 0 Å². The van der Waals surface area contributed by atoms with Crippen LogP contribution in [0, 0.1) is 16.7 Å². The van der Waals surface area contributed by atoms with Crippen LogP contribution < -0.4 is 5.32 Å². The van der Waals surface area contributed by atoms with E-state index < -0.39 is 23.6 Å². The minimum Gasteiger partial charge on any atom is -0.461 e. The predicted octanol–water partition coefficient (Wildman–Crippen LogP) is 4.01. The van der Waals surface area contributed by atoms with E-state index in [0.29, 0.717) is 31.7 Å². The summed E-state index contributed by atoms with van der Waals surface area (Å²) in [5, 5.41) is 13.2. The third-order valence-corrected chi connectivity index (χ3v) is 9.70. The highest BCUT2D eigenvalue weighted by atomic mass is 16.5. The molecule has 3 aliphatic rings. The first-order valence-corrected chi connectivity index (χ1v) is 13.9. The molecule has 4 unspecified atom stereocenters. The van der Waals surface area contributed by atoms with Gasteiger partial charge in [-0.25, -0.2) is 4.79 Å². The molecule has 2 N–H and O–H groups in total. The third-order valence-electron chi connectivity index (χ3n) is 9.70. The number of carbonyl (C=O) groups is 3. The van der Waals surface area contributed by atoms with Gasteiger partial charge in [0.15, 0.2) is 0 Å². The van der Waals surface area contributed by atoms with E-state index >= 15 is 0 Å². The van der Waals surface area contributed by atoms with Crippen molar-refractivity contribution in [1.82, 2.24) is 10.2 Å². The number of esters is 1. The summed E-state index contributed by atoms with van der Waals surface area (Å²) in [6.07, 6.45) is 4.17. The molecular weight excluding hydrogens is 468 g/mol. The Hall–Kier alpha value is -2.41. The smallest absolute Gasteiger partial charge is 0.329 e. The number of nitrogens with zero attached hydrogens (tertiary/aromatic N) is 1. The first-order valence-electron chi connectivity index (χ1n) is 13.9. The molecule has 1 aliphatic heterocycles. The van der Waals surface area contributed by atoms with Crippen LogP contribution in [0.1, 0.15) is 85.1 Å². The molecule has 0 spiro atoms. The van der Waals surface area contributed by atoms with Crippen molar-refractivity contribution in [2.75, 3.05) is 6.54 Å². The summed E-state index contributed by atoms with van der Waals surface area (Å²) < 4.78 is 5.90. The summed E-state index contributed by atoms with van der Waals surface area (Å²) in [5.74, 6) is -0.652. The Balaban J connectivity index is 1.33. The number of hydrogen-bond acceptors (Lipinski definition) is 5. The Morgan fingerprint density at radius 2 is 1.76 bits per heavy atom. The van der Waals surface area contributed by atoms with Gasteiger partial charge in [0.1, 0.15) is 17.7 Å². The van der Waals surface area contributed by atoms with Gasteiger partial charge >= 0.3 is 5.97 Å². The Kier molecular flexibility index (Phi) is 7.76. The molecule has 7 nitrogen and oxygen atoms in total. The lowest BCUT2D eigenvalue weighted by atomic mass is 9.66. The lowest BCUT2D eigenvalue weighted by Gasteiger charge is -2.40. The molecular formula is C30H44N2O5. The van der Waals surface area contributed by atoms with Crippen molar-refractivity contribution < 1.29 is 24.2 Å². The van der Waals surface area contributed by atoms with Crippen LogP contribution in [-0.4, -0.2) is 58.1 Å². The fourth-order valence-corrected chi connectivity index (χ4v) is 6.21. The highest BCUT2D eigenvalue weighted by Gasteiger charge is 2.56. The van der Waals surface area contributed by atoms with E-state index in [-0.39, 0.29) is 35.2 Å². The van der Waals surface area contributed by atoms with Crippen molar-refractivity contribution >= 4 is 17.8 Å². The molecule has 0 bridgehead atoms. The number of aliphatic hydroxyl groups excluding tert-OH is 1. The Labute approximate surface area is 221 Å². The van der Waals surface area contributed by atoms with Crippen molar-refractivity contribution in [1.29, 1.82) is 0 Å². The van der Waals surface area contributed by atoms with E-state index in [0.717, 1.165) is 24.8 Å². The maximum Gasteiger partial charge on any atom is 0.329 e. The molecule has 7 heteroatoms. The summed E-state index contributed by atoms with van der Waals surface area (Å²) in [6, 6.07) is 8.67. The lowest BCUT2D eigenvalue weighted by molar-refractivity contribution is -0.159. The number of likely N-dealkylation sites (tertiary alicyclic amines) is 1. The summed E-state index contributed by atoms with van der Waals surface area (Å²) in [7, 11) is 0. The van der Waals surface area contributed by atoms with Gasteiger partial charge in [0, 0.05) is 13.0 Å². The van der Waals surface area contributed by atoms with Gasteiger partial charge in [-0.3, -0.25) is 9.59 Å². The van der Waals surface area contributed by atoms with Crippen LogP contribution in [-0.2, 0) is 25.5 Å². The zero-order valence-corrected chi connectivity index (χ0v) is 23.1. The molecule has 37 heavy (non-hydrogen) atoms. The molecule has 0 radical (unpaired) electrons. The normalized spacial score (nSPS) is 26.8. The first-order chi connectivity index (χ1) is 17.4. The average Bonchev–Trinajstić information content (AvgIpc) is 3.39. The lowest BCUT2D eigenvalue weighted by Crippen LogP contribution is -2.55. The number of aliphatic hydroxyl groups is 1. The largest absolute Gasteiger partial charge is 0.461 e. The summed E-state index contributed by atoms with van der Waals surface area (Å²) >= 11 is 0. The van der Waals surface area contributed by atoms with Gasteiger partial charge in [-0.15, -0.1) is 0 Å². The number of carbonyl (C=O) groups excluding carboxylic acids is 3. The molecule has 2 amide bonds. The highest BCUT2D eigenvalue weighted by molar-refractivity contribution is 5.97. The minimum atomic E-state index is -1.24. The van der Waals surface area contributed by atoms with E-state index in [1.54, 1.807) is 4.90 Å². The van der Waals surface area contributed by atoms with Crippen LogP contribution in [0.4, 0.5) is 0 Å². The molecule has 4 rings (SSSR count). The molecule has 4 atom stereocenters. The van der Waals surface area contributed by atoms with E-state index in [9.17, 15) is 19.5 Å². The van der Waals surface area contributed by atoms with Gasteiger partial charge in [0.05, 0.1) is 6.10 Å². The number of nitrogens with one attached hydrogen (secondary N) is 1. The van der Waals surface area contributed by atoms with Crippen LogP contribution in [0.2, 0.25) is 0 Å². The van der Waals surface area contributed by atoms with Crippen molar-refractivity contribution in [2.24, 2.45) is 16.7 Å². The zero-order valence-electron chi connectivity index (χ0n) is 23.1. The van der Waals surface area contributed by atoms with Crippen molar-refractivity contribution in [3.05, 3.63) is 35.9 Å². The molecule has 1 aromatic rings. The topological polar surface area (TPSA) is 95.9 Å². The molecule has 2 saturated carbocycles. The van der Waals surface area contributed by atoms with E-state index in [1.807, 2.05) is 37.3 Å². The predicted molar refractivity (Wildman–Crippen MR) is 141 cm³/mol. The van der Waals surface area contributed by atoms with Crippen LogP contribution in [0.25, 0.3) is 0 Å². The summed E-state index contributed by atoms with van der Waals surface area (Å²) in [6.45, 7) is 11.7. The van der Waals surface area contributed by atoms with E-state index in [2.05, 4.69) is 33.0 Å². The number of ether oxygens (including phenoxy) is 1. The van der Waals surface area contributed by atoms with E-state index in [1.165, 1.54) is 6.42 Å². The summed E-state index contributed by atoms with van der Waals surface area (Å²) in [4.78, 5) is 41.0. The van der Waals surface area contributed by atoms with Crippen LogP contribution in [0.3, 0.4) is 0 Å². The molecule has 204 valence electrons. The Bertz CT molecular complexity index is 1000. The second kappa shape index (κ2) is 10.4. The van der Waals surface area contributed by atoms with Gasteiger partial charge in [-0.2, -0.15) is 0 Å². The third kappa shape index (κ3) is 5.71. The van der Waals surface area contributed by atoms with Crippen molar-refractivity contribution in [2.45, 2.75) is 110 Å². The fraction of sp³-hybridized carbons (Fsp3) is 0.700. The Morgan fingerprint density at radius 3 is 2.35 bits per heavy atom. The molecule has 2 aliphatic carbocycles. The molecule has 0 aromatic heterocycles. The number of amides is 2. The second-order valence-electron chi connectivity index (χ2n) is 12.8. The number of rotatable bonds is 9. The molecule has 1 aromatic carbocycles. The fourth-order valence-electron chi connectivity index (χ4n) is 6.21. The van der Waals surface area contributed by atoms with Gasteiger partial charge in [-0.05, 0) is 74.2 Å². The maximum absolute atomic E-state index is 13.5. The number of benzene rings is 1. The average molecular weight is 513 g/mol. The highest BCUT2D eigenvalue weighted by Crippen LogP contribution is 2.57. The SMILES string of the molecule is CC(CC1CCC(C)(C)C1(C)C)OC(=O)C1CCCN1C(=O)C1(NC(=O)C(O)Cc2ccccc2)CC1. The quantitative estimate of drug-likeness (QED) is 0.488. The first kappa shape index (κ1) is 27.6. The standard InChI is InChI=1S/C30H44N2O5/c1-20(18-22-13-14-28(2,3)29(22,4)5)37-26(35)23-12-9-17-32(23)27(36)30(15-16-30)31-25(34)24(33)19-21-10-7-6-8-11-21/h6-8,10-11,20,22-24,33H,9,12-19H2,1-5H3,(H,31,34). The van der Waals surface area contributed by atoms with E-state index in [4.69, 9.17) is 4.74 Å². The van der Waals surface area contributed by atoms with Crippen LogP contribution in [0.15, 0.2) is 30.3 Å². The minimum absolute atomic E-state index is 0.171. The van der Waals surface area contributed by atoms with Gasteiger partial charge in [0.2, 0.25) is 11.8 Å². The zero-order chi connectivity index (χ0) is 27.0. The number of hydrogen-bond donors (Lipinski definition) is 2. The van der Waals surface area contributed by atoms with Crippen molar-refractivity contribution in [3.63, 3.8) is 0 Å². The molecule has 1 heterocycles. The van der Waals surface area contributed by atoms with Crippen LogP contribution in [0.5, 0.6) is 0 Å². The Morgan fingerprint density at radius 1 is 1.08 bits per heavy atom. The van der Waals surface area contributed by atoms with Crippen LogP contribution >= 0.6 is 0 Å². The monoisotopic (exact) mass is 512 g/mol. The van der Waals surface area contributed by atoms with Gasteiger partial charge in [-0.1, -0.05) is 58.0 Å². The van der Waals surface area contributed by atoms with Crippen molar-refractivity contribution in [3.8, 4) is 0 Å². The molecule has 3 fully saturated rings. The molecule has 1 saturated heterocycles. The summed E-state index contributed by atoms with van der Waals surface area (Å²) in [5.41, 5.74) is 0.253. The maximum atomic E-state index is 13.5.